The molecule has 0 amide bonds. The minimum absolute atomic E-state index is 0. The highest BCUT2D eigenvalue weighted by Crippen LogP contribution is 2.27. The molecule has 0 aliphatic carbocycles. The van der Waals surface area contributed by atoms with Crippen LogP contribution in [-0.4, -0.2) is 71.6 Å². The number of nitrogens with zero attached hydrogens (tertiary/aromatic N) is 5. The second-order valence-corrected chi connectivity index (χ2v) is 6.46. The van der Waals surface area contributed by atoms with Gasteiger partial charge in [-0.25, -0.2) is 4.98 Å². The quantitative estimate of drug-likeness (QED) is 0.447. The molecule has 3 rings (SSSR count). The van der Waals surface area contributed by atoms with Gasteiger partial charge in [-0.05, 0) is 31.8 Å². The van der Waals surface area contributed by atoms with E-state index in [0.29, 0.717) is 12.0 Å². The predicted molar refractivity (Wildman–Crippen MR) is 104 cm³/mol. The van der Waals surface area contributed by atoms with Gasteiger partial charge in [-0.3, -0.25) is 4.99 Å². The normalized spacial score (nSPS) is 25.7. The van der Waals surface area contributed by atoms with Crippen molar-refractivity contribution in [2.45, 2.75) is 25.8 Å². The number of imidazole rings is 1. The summed E-state index contributed by atoms with van der Waals surface area (Å²) in [5.74, 6) is 1.71. The molecule has 1 aromatic heterocycles. The Balaban J connectivity index is 0.00000192. The van der Waals surface area contributed by atoms with E-state index in [1.54, 1.807) is 0 Å². The largest absolute Gasteiger partial charge is 0.355 e. The van der Waals surface area contributed by atoms with E-state index in [1.165, 1.54) is 25.9 Å². The Bertz CT molecular complexity index is 485. The topological polar surface area (TPSA) is 48.7 Å². The van der Waals surface area contributed by atoms with E-state index in [4.69, 9.17) is 0 Å². The molecular formula is C16H29IN6. The van der Waals surface area contributed by atoms with E-state index >= 15 is 0 Å². The number of aromatic nitrogens is 2. The van der Waals surface area contributed by atoms with Crippen molar-refractivity contribution >= 4 is 29.9 Å². The number of likely N-dealkylation sites (tertiary alicyclic amines) is 2. The third-order valence-electron chi connectivity index (χ3n) is 5.00. The van der Waals surface area contributed by atoms with Crippen LogP contribution >= 0.6 is 24.0 Å². The molecule has 0 spiro atoms. The number of piperidine rings is 1. The second-order valence-electron chi connectivity index (χ2n) is 6.46. The first-order valence-corrected chi connectivity index (χ1v) is 8.43. The van der Waals surface area contributed by atoms with Crippen molar-refractivity contribution < 1.29 is 0 Å². The molecule has 23 heavy (non-hydrogen) atoms. The number of hydrogen-bond donors (Lipinski definition) is 1. The van der Waals surface area contributed by atoms with Gasteiger partial charge in [0.1, 0.15) is 0 Å². The third-order valence-corrected chi connectivity index (χ3v) is 5.00. The van der Waals surface area contributed by atoms with Gasteiger partial charge in [-0.1, -0.05) is 6.92 Å². The lowest BCUT2D eigenvalue weighted by molar-refractivity contribution is 0.178. The number of halogens is 1. The van der Waals surface area contributed by atoms with Crippen LogP contribution < -0.4 is 5.32 Å². The van der Waals surface area contributed by atoms with E-state index in [-0.39, 0.29) is 24.0 Å². The van der Waals surface area contributed by atoms with Crippen LogP contribution in [0.1, 0.15) is 25.8 Å². The number of hydrogen-bond acceptors (Lipinski definition) is 3. The molecule has 3 heterocycles. The average molecular weight is 432 g/mol. The molecule has 1 N–H and O–H groups in total. The third kappa shape index (κ3) is 4.59. The maximum Gasteiger partial charge on any atom is 0.193 e. The molecule has 0 saturated carbocycles. The van der Waals surface area contributed by atoms with E-state index < -0.39 is 0 Å². The fourth-order valence-electron chi connectivity index (χ4n) is 3.36. The van der Waals surface area contributed by atoms with E-state index in [2.05, 4.69) is 42.8 Å². The van der Waals surface area contributed by atoms with Crippen molar-refractivity contribution in [3.63, 3.8) is 0 Å². The first-order valence-electron chi connectivity index (χ1n) is 8.43. The zero-order valence-electron chi connectivity index (χ0n) is 14.2. The number of guanidine groups is 1. The van der Waals surface area contributed by atoms with Crippen molar-refractivity contribution in [3.05, 3.63) is 18.7 Å². The van der Waals surface area contributed by atoms with Gasteiger partial charge in [0.2, 0.25) is 0 Å². The molecule has 130 valence electrons. The van der Waals surface area contributed by atoms with Gasteiger partial charge < -0.3 is 19.7 Å². The lowest BCUT2D eigenvalue weighted by Crippen LogP contribution is -2.51. The van der Waals surface area contributed by atoms with E-state index in [9.17, 15) is 0 Å². The first kappa shape index (κ1) is 18.5. The lowest BCUT2D eigenvalue weighted by atomic mass is 9.93. The Morgan fingerprint density at radius 3 is 2.78 bits per heavy atom. The standard InChI is InChI=1S/C16H28N6.HI/c1-14-4-9-21(12-15(14)22-11-5-18-13-22)16(17-2)19-6-10-20-7-3-8-20;/h5,11,13-15H,3-4,6-10,12H2,1-2H3,(H,17,19);1H. The van der Waals surface area contributed by atoms with Crippen molar-refractivity contribution in [1.29, 1.82) is 0 Å². The fraction of sp³-hybridized carbons (Fsp3) is 0.750. The minimum Gasteiger partial charge on any atom is -0.355 e. The van der Waals surface area contributed by atoms with Crippen LogP contribution in [0, 0.1) is 5.92 Å². The first-order chi connectivity index (χ1) is 10.8. The highest BCUT2D eigenvalue weighted by Gasteiger charge is 2.28. The predicted octanol–water partition coefficient (Wildman–Crippen LogP) is 1.67. The lowest BCUT2D eigenvalue weighted by Gasteiger charge is -2.39. The minimum atomic E-state index is 0. The number of aliphatic imine (C=N–C) groups is 1. The summed E-state index contributed by atoms with van der Waals surface area (Å²) < 4.78 is 2.24. The van der Waals surface area contributed by atoms with Crippen molar-refractivity contribution in [2.75, 3.05) is 46.3 Å². The summed E-state index contributed by atoms with van der Waals surface area (Å²) in [5, 5.41) is 3.53. The Kier molecular flexibility index (Phi) is 7.13. The molecule has 2 fully saturated rings. The highest BCUT2D eigenvalue weighted by molar-refractivity contribution is 14.0. The van der Waals surface area contributed by atoms with Crippen LogP contribution in [0.4, 0.5) is 0 Å². The van der Waals surface area contributed by atoms with Crippen molar-refractivity contribution in [3.8, 4) is 0 Å². The molecule has 2 aliphatic rings. The summed E-state index contributed by atoms with van der Waals surface area (Å²) in [4.78, 5) is 13.5. The fourth-order valence-corrected chi connectivity index (χ4v) is 3.36. The molecule has 2 atom stereocenters. The van der Waals surface area contributed by atoms with Gasteiger partial charge in [-0.2, -0.15) is 0 Å². The van der Waals surface area contributed by atoms with Gasteiger partial charge in [0.15, 0.2) is 5.96 Å². The average Bonchev–Trinajstić information content (AvgIpc) is 3.00. The van der Waals surface area contributed by atoms with Gasteiger partial charge >= 0.3 is 0 Å². The molecule has 0 aromatic carbocycles. The summed E-state index contributed by atoms with van der Waals surface area (Å²) in [6.07, 6.45) is 8.42. The molecule has 1 aromatic rings. The van der Waals surface area contributed by atoms with Crippen LogP contribution in [-0.2, 0) is 0 Å². The van der Waals surface area contributed by atoms with Crippen LogP contribution in [0.5, 0.6) is 0 Å². The summed E-state index contributed by atoms with van der Waals surface area (Å²) in [6, 6.07) is 0.477. The van der Waals surface area contributed by atoms with Crippen molar-refractivity contribution in [1.82, 2.24) is 24.7 Å². The highest BCUT2D eigenvalue weighted by atomic mass is 127. The van der Waals surface area contributed by atoms with E-state index in [1.807, 2.05) is 19.6 Å². The van der Waals surface area contributed by atoms with Crippen LogP contribution in [0.15, 0.2) is 23.7 Å². The maximum atomic E-state index is 4.48. The van der Waals surface area contributed by atoms with Crippen LogP contribution in [0.2, 0.25) is 0 Å². The van der Waals surface area contributed by atoms with Crippen LogP contribution in [0.3, 0.4) is 0 Å². The molecule has 6 nitrogen and oxygen atoms in total. The van der Waals surface area contributed by atoms with Gasteiger partial charge in [0, 0.05) is 45.6 Å². The molecule has 2 unspecified atom stereocenters. The molecule has 7 heteroatoms. The molecule has 0 radical (unpaired) electrons. The number of nitrogens with one attached hydrogen (secondary N) is 1. The van der Waals surface area contributed by atoms with Gasteiger partial charge in [0.25, 0.3) is 0 Å². The maximum absolute atomic E-state index is 4.48. The van der Waals surface area contributed by atoms with E-state index in [0.717, 1.165) is 32.1 Å². The molecule has 0 bridgehead atoms. The smallest absolute Gasteiger partial charge is 0.193 e. The van der Waals surface area contributed by atoms with Crippen LogP contribution in [0.25, 0.3) is 0 Å². The Hall–Kier alpha value is -0.830. The molecule has 2 saturated heterocycles. The Labute approximate surface area is 156 Å². The summed E-state index contributed by atoms with van der Waals surface area (Å²) in [7, 11) is 1.89. The SMILES string of the molecule is CN=C(NCCN1CCC1)N1CCC(C)C(n2ccnc2)C1.I. The summed E-state index contributed by atoms with van der Waals surface area (Å²) >= 11 is 0. The Morgan fingerprint density at radius 1 is 1.35 bits per heavy atom. The zero-order chi connectivity index (χ0) is 15.4. The van der Waals surface area contributed by atoms with Gasteiger partial charge in [0.05, 0.1) is 12.4 Å². The summed E-state index contributed by atoms with van der Waals surface area (Å²) in [5.41, 5.74) is 0. The van der Waals surface area contributed by atoms with Crippen molar-refractivity contribution in [2.24, 2.45) is 10.9 Å². The molecule has 2 aliphatic heterocycles. The zero-order valence-corrected chi connectivity index (χ0v) is 16.5. The summed E-state index contributed by atoms with van der Waals surface area (Å²) in [6.45, 7) is 9.02. The second kappa shape index (κ2) is 8.86. The monoisotopic (exact) mass is 432 g/mol. The van der Waals surface area contributed by atoms with Gasteiger partial charge in [-0.15, -0.1) is 24.0 Å². The Morgan fingerprint density at radius 2 is 2.17 bits per heavy atom. The number of rotatable bonds is 4. The molecular weight excluding hydrogens is 403 g/mol.